The number of rotatable bonds is 4. The van der Waals surface area contributed by atoms with Crippen LogP contribution in [0.25, 0.3) is 0 Å². The van der Waals surface area contributed by atoms with Gasteiger partial charge < -0.3 is 11.1 Å². The zero-order valence-electron chi connectivity index (χ0n) is 10.8. The lowest BCUT2D eigenvalue weighted by molar-refractivity contribution is -0.113. The van der Waals surface area contributed by atoms with Crippen molar-refractivity contribution in [2.75, 3.05) is 16.8 Å². The molecule has 0 spiro atoms. The van der Waals surface area contributed by atoms with Crippen LogP contribution in [0.2, 0.25) is 0 Å². The lowest BCUT2D eigenvalue weighted by Gasteiger charge is -2.08. The number of aryl methyl sites for hydroxylation is 2. The fourth-order valence-corrected chi connectivity index (χ4v) is 3.19. The molecule has 3 N–H and O–H groups in total. The van der Waals surface area contributed by atoms with Crippen molar-refractivity contribution >= 4 is 40.4 Å². The number of carbonyl (C=O) groups is 1. The highest BCUT2D eigenvalue weighted by molar-refractivity contribution is 8.01. The quantitative estimate of drug-likeness (QED) is 0.671. The third-order valence-corrected chi connectivity index (χ3v) is 4.59. The van der Waals surface area contributed by atoms with Crippen molar-refractivity contribution in [3.63, 3.8) is 0 Å². The van der Waals surface area contributed by atoms with Crippen molar-refractivity contribution < 1.29 is 4.79 Å². The van der Waals surface area contributed by atoms with Gasteiger partial charge in [0.2, 0.25) is 5.91 Å². The molecule has 0 atom stereocenters. The van der Waals surface area contributed by atoms with Crippen LogP contribution in [0.4, 0.5) is 11.4 Å². The Morgan fingerprint density at radius 1 is 1.47 bits per heavy atom. The number of nitrogen functional groups attached to an aromatic ring is 1. The van der Waals surface area contributed by atoms with Crippen molar-refractivity contribution in [3.8, 4) is 0 Å². The summed E-state index contributed by atoms with van der Waals surface area (Å²) in [6, 6.07) is 5.44. The van der Waals surface area contributed by atoms with Gasteiger partial charge in [-0.3, -0.25) is 4.79 Å². The third kappa shape index (κ3) is 3.97. The Balaban J connectivity index is 1.90. The molecule has 0 unspecified atom stereocenters. The van der Waals surface area contributed by atoms with E-state index in [1.165, 1.54) is 11.8 Å². The monoisotopic (exact) mass is 293 g/mol. The summed E-state index contributed by atoms with van der Waals surface area (Å²) in [5.41, 5.74) is 9.12. The molecule has 1 aromatic carbocycles. The molecule has 100 valence electrons. The van der Waals surface area contributed by atoms with Gasteiger partial charge in [0.15, 0.2) is 4.34 Å². The molecule has 2 aromatic rings. The minimum atomic E-state index is -0.0364. The molecule has 1 amide bonds. The van der Waals surface area contributed by atoms with Gasteiger partial charge in [-0.25, -0.2) is 4.98 Å². The van der Waals surface area contributed by atoms with Crippen molar-refractivity contribution in [3.05, 3.63) is 34.8 Å². The molecule has 19 heavy (non-hydrogen) atoms. The van der Waals surface area contributed by atoms with E-state index >= 15 is 0 Å². The van der Waals surface area contributed by atoms with E-state index in [2.05, 4.69) is 10.3 Å². The summed E-state index contributed by atoms with van der Waals surface area (Å²) >= 11 is 3.01. The lowest BCUT2D eigenvalue weighted by Crippen LogP contribution is -2.14. The van der Waals surface area contributed by atoms with E-state index < -0.39 is 0 Å². The predicted octanol–water partition coefficient (Wildman–Crippen LogP) is 3.07. The minimum Gasteiger partial charge on any atom is -0.399 e. The molecule has 0 aliphatic rings. The van der Waals surface area contributed by atoms with Crippen molar-refractivity contribution in [1.82, 2.24) is 4.98 Å². The first-order valence-electron chi connectivity index (χ1n) is 5.75. The molecule has 0 fully saturated rings. The Bertz CT molecular complexity index is 595. The summed E-state index contributed by atoms with van der Waals surface area (Å²) in [6.45, 7) is 3.86. The van der Waals surface area contributed by atoms with E-state index in [0.29, 0.717) is 11.4 Å². The van der Waals surface area contributed by atoms with Gasteiger partial charge in [0, 0.05) is 22.4 Å². The van der Waals surface area contributed by atoms with Gasteiger partial charge in [-0.1, -0.05) is 11.8 Å². The van der Waals surface area contributed by atoms with Gasteiger partial charge in [0.05, 0.1) is 5.75 Å². The van der Waals surface area contributed by atoms with Crippen LogP contribution in [0, 0.1) is 13.8 Å². The number of carbonyl (C=O) groups excluding carboxylic acids is 1. The first kappa shape index (κ1) is 13.9. The number of thiazole rings is 1. The first-order valence-corrected chi connectivity index (χ1v) is 7.62. The number of anilines is 2. The fraction of sp³-hybridized carbons (Fsp3) is 0.231. The third-order valence-electron chi connectivity index (χ3n) is 2.45. The largest absolute Gasteiger partial charge is 0.399 e. The zero-order chi connectivity index (χ0) is 13.8. The fourth-order valence-electron chi connectivity index (χ4n) is 1.54. The standard InChI is InChI=1S/C13H15N3OS2/c1-8-5-10(14)3-4-11(8)16-12(17)7-19-13-15-9(2)6-18-13/h3-6H,7,14H2,1-2H3,(H,16,17). The highest BCUT2D eigenvalue weighted by Gasteiger charge is 2.07. The summed E-state index contributed by atoms with van der Waals surface area (Å²) in [5, 5.41) is 4.85. The molecule has 1 heterocycles. The van der Waals surface area contributed by atoms with E-state index in [4.69, 9.17) is 5.73 Å². The molecule has 0 radical (unpaired) electrons. The van der Waals surface area contributed by atoms with Gasteiger partial charge in [-0.05, 0) is 37.6 Å². The van der Waals surface area contributed by atoms with Crippen LogP contribution < -0.4 is 11.1 Å². The number of aromatic nitrogens is 1. The van der Waals surface area contributed by atoms with Gasteiger partial charge in [-0.2, -0.15) is 0 Å². The van der Waals surface area contributed by atoms with Crippen LogP contribution in [0.15, 0.2) is 27.9 Å². The van der Waals surface area contributed by atoms with Crippen LogP contribution >= 0.6 is 23.1 Å². The predicted molar refractivity (Wildman–Crippen MR) is 81.8 cm³/mol. The average molecular weight is 293 g/mol. The van der Waals surface area contributed by atoms with Crippen LogP contribution in [-0.2, 0) is 4.79 Å². The van der Waals surface area contributed by atoms with E-state index in [1.807, 2.05) is 31.4 Å². The molecule has 0 aliphatic carbocycles. The summed E-state index contributed by atoms with van der Waals surface area (Å²) in [6.07, 6.45) is 0. The Hall–Kier alpha value is -1.53. The zero-order valence-corrected chi connectivity index (χ0v) is 12.4. The van der Waals surface area contributed by atoms with E-state index in [-0.39, 0.29) is 5.91 Å². The molecule has 0 saturated heterocycles. The number of hydrogen-bond donors (Lipinski definition) is 2. The van der Waals surface area contributed by atoms with Crippen molar-refractivity contribution in [1.29, 1.82) is 0 Å². The summed E-state index contributed by atoms with van der Waals surface area (Å²) < 4.78 is 0.918. The molecule has 1 aromatic heterocycles. The van der Waals surface area contributed by atoms with Gasteiger partial charge >= 0.3 is 0 Å². The first-order chi connectivity index (χ1) is 9.04. The minimum absolute atomic E-state index is 0.0364. The van der Waals surface area contributed by atoms with Crippen molar-refractivity contribution in [2.24, 2.45) is 0 Å². The summed E-state index contributed by atoms with van der Waals surface area (Å²) in [4.78, 5) is 16.1. The molecule has 4 nitrogen and oxygen atoms in total. The van der Waals surface area contributed by atoms with Crippen LogP contribution in [0.3, 0.4) is 0 Å². The number of amides is 1. The number of benzene rings is 1. The Morgan fingerprint density at radius 2 is 2.26 bits per heavy atom. The maximum atomic E-state index is 11.8. The highest BCUT2D eigenvalue weighted by atomic mass is 32.2. The summed E-state index contributed by atoms with van der Waals surface area (Å²) in [7, 11) is 0. The topological polar surface area (TPSA) is 68.0 Å². The molecular formula is C13H15N3OS2. The SMILES string of the molecule is Cc1csc(SCC(=O)Nc2ccc(N)cc2C)n1. The maximum Gasteiger partial charge on any atom is 0.234 e. The number of nitrogens with zero attached hydrogens (tertiary/aromatic N) is 1. The second-order valence-electron chi connectivity index (χ2n) is 4.17. The Morgan fingerprint density at radius 3 is 2.89 bits per heavy atom. The van der Waals surface area contributed by atoms with E-state index in [9.17, 15) is 4.79 Å². The highest BCUT2D eigenvalue weighted by Crippen LogP contribution is 2.23. The molecule has 2 rings (SSSR count). The lowest BCUT2D eigenvalue weighted by atomic mass is 10.2. The maximum absolute atomic E-state index is 11.8. The molecular weight excluding hydrogens is 278 g/mol. The van der Waals surface area contributed by atoms with Gasteiger partial charge in [0.25, 0.3) is 0 Å². The Labute approximate surface area is 120 Å². The number of nitrogens with one attached hydrogen (secondary N) is 1. The van der Waals surface area contributed by atoms with Crippen LogP contribution in [-0.4, -0.2) is 16.6 Å². The van der Waals surface area contributed by atoms with Crippen LogP contribution in [0.5, 0.6) is 0 Å². The van der Waals surface area contributed by atoms with E-state index in [1.54, 1.807) is 17.4 Å². The number of thioether (sulfide) groups is 1. The molecule has 6 heteroatoms. The second-order valence-corrected chi connectivity index (χ2v) is 6.25. The Kier molecular flexibility index (Phi) is 4.44. The van der Waals surface area contributed by atoms with Gasteiger partial charge in [-0.15, -0.1) is 11.3 Å². The molecule has 0 aliphatic heterocycles. The smallest absolute Gasteiger partial charge is 0.234 e. The number of hydrogen-bond acceptors (Lipinski definition) is 5. The molecule has 0 saturated carbocycles. The van der Waals surface area contributed by atoms with Gasteiger partial charge in [0.1, 0.15) is 0 Å². The van der Waals surface area contributed by atoms with Crippen LogP contribution in [0.1, 0.15) is 11.3 Å². The summed E-state index contributed by atoms with van der Waals surface area (Å²) in [5.74, 6) is 0.322. The number of nitrogens with two attached hydrogens (primary N) is 1. The second kappa shape index (κ2) is 6.08. The molecule has 0 bridgehead atoms. The van der Waals surface area contributed by atoms with Crippen molar-refractivity contribution in [2.45, 2.75) is 18.2 Å². The van der Waals surface area contributed by atoms with E-state index in [0.717, 1.165) is 21.3 Å². The normalized spacial score (nSPS) is 10.4. The average Bonchev–Trinajstić information content (AvgIpc) is 2.76.